The maximum atomic E-state index is 7.15. The fourth-order valence-corrected chi connectivity index (χ4v) is 0.569. The van der Waals surface area contributed by atoms with E-state index in [0.717, 1.165) is 19.4 Å². The molecule has 0 radical (unpaired) electrons. The van der Waals surface area contributed by atoms with Crippen LogP contribution in [0, 0.1) is 10.8 Å². The van der Waals surface area contributed by atoms with E-state index < -0.39 is 0 Å². The van der Waals surface area contributed by atoms with E-state index in [1.165, 1.54) is 0 Å². The van der Waals surface area contributed by atoms with Crippen molar-refractivity contribution in [2.24, 2.45) is 11.5 Å². The third kappa shape index (κ3) is 29.2. The van der Waals surface area contributed by atoms with Crippen LogP contribution in [-0.2, 0) is 0 Å². The summed E-state index contributed by atoms with van der Waals surface area (Å²) >= 11 is 7.65. The molecule has 0 amide bonds. The second-order valence-corrected chi connectivity index (χ2v) is 3.76. The highest BCUT2D eigenvalue weighted by Gasteiger charge is 1.93. The van der Waals surface area contributed by atoms with E-state index in [1.54, 1.807) is 0 Å². The zero-order chi connectivity index (χ0) is 12.3. The lowest BCUT2D eigenvalue weighted by molar-refractivity contribution is 0.744. The number of nitrogens with two attached hydrogens (primary N) is 2. The van der Waals surface area contributed by atoms with E-state index in [9.17, 15) is 0 Å². The summed E-state index contributed by atoms with van der Waals surface area (Å²) in [6, 6.07) is 0. The van der Waals surface area contributed by atoms with Gasteiger partial charge in [-0.2, -0.15) is 0 Å². The van der Waals surface area contributed by atoms with Crippen molar-refractivity contribution < 1.29 is 0 Å². The van der Waals surface area contributed by atoms with Gasteiger partial charge >= 0.3 is 0 Å². The average molecular weight is 287 g/mol. The van der Waals surface area contributed by atoms with Crippen LogP contribution >= 0.6 is 37.3 Å². The highest BCUT2D eigenvalue weighted by Crippen LogP contribution is 1.80. The average Bonchev–Trinajstić information content (AvgIpc) is 2.02. The molecule has 8 N–H and O–H groups in total. The standard InChI is InChI=1S/C6H15N5.CH3NS2.ClH/c1-2-3-4-10-6(9)11-5(7)8;2-1(3)4;/h2-4H2,1H3,(H6,7,8,9,10,11);(H3,2,3,4);1H. The zero-order valence-electron chi connectivity index (χ0n) is 9.04. The number of halogens is 1. The van der Waals surface area contributed by atoms with Gasteiger partial charge < -0.3 is 16.8 Å². The van der Waals surface area contributed by atoms with Gasteiger partial charge in [-0.15, -0.1) is 25.0 Å². The predicted octanol–water partition coefficient (Wildman–Crippen LogP) is 0.376. The summed E-state index contributed by atoms with van der Waals surface area (Å²) in [6.45, 7) is 2.82. The molecule has 96 valence electrons. The Bertz CT molecular complexity index is 219. The molecule has 0 heterocycles. The van der Waals surface area contributed by atoms with Crippen LogP contribution in [0.25, 0.3) is 0 Å². The topological polar surface area (TPSA) is 124 Å². The minimum atomic E-state index is -0.209. The molecule has 16 heavy (non-hydrogen) atoms. The van der Waals surface area contributed by atoms with Gasteiger partial charge in [0.2, 0.25) is 0 Å². The molecule has 9 heteroatoms. The van der Waals surface area contributed by atoms with Gasteiger partial charge in [-0.25, -0.2) is 0 Å². The molecule has 0 bridgehead atoms. The maximum absolute atomic E-state index is 7.15. The SMILES string of the molecule is CCCCNC(=N)NC(=N)N.Cl.NC(=S)S. The van der Waals surface area contributed by atoms with E-state index in [2.05, 4.69) is 42.4 Å². The first-order valence-electron chi connectivity index (χ1n) is 4.32. The Labute approximate surface area is 113 Å². The monoisotopic (exact) mass is 286 g/mol. The highest BCUT2D eigenvalue weighted by atomic mass is 35.5. The number of thiocarbonyl (C=S) groups is 1. The van der Waals surface area contributed by atoms with Crippen LogP contribution in [0.2, 0.25) is 0 Å². The van der Waals surface area contributed by atoms with Gasteiger partial charge in [-0.1, -0.05) is 25.6 Å². The summed E-state index contributed by atoms with van der Waals surface area (Å²) in [6.07, 6.45) is 2.10. The Balaban J connectivity index is -0.000000292. The smallest absolute Gasteiger partial charge is 0.195 e. The van der Waals surface area contributed by atoms with Crippen LogP contribution < -0.4 is 22.1 Å². The second-order valence-electron chi connectivity index (χ2n) is 2.53. The lowest BCUT2D eigenvalue weighted by atomic mass is 10.3. The highest BCUT2D eigenvalue weighted by molar-refractivity contribution is 8.10. The molecule has 6 nitrogen and oxygen atoms in total. The fraction of sp³-hybridized carbons (Fsp3) is 0.571. The number of hydrogen-bond acceptors (Lipinski definition) is 3. The maximum Gasteiger partial charge on any atom is 0.195 e. The van der Waals surface area contributed by atoms with Crippen molar-refractivity contribution in [2.45, 2.75) is 19.8 Å². The lowest BCUT2D eigenvalue weighted by Crippen LogP contribution is -2.43. The van der Waals surface area contributed by atoms with E-state index in [4.69, 9.17) is 22.3 Å². The van der Waals surface area contributed by atoms with Gasteiger partial charge in [0, 0.05) is 6.54 Å². The van der Waals surface area contributed by atoms with Crippen molar-refractivity contribution in [3.63, 3.8) is 0 Å². The first kappa shape index (κ1) is 20.7. The Morgan fingerprint density at radius 2 is 1.81 bits per heavy atom. The van der Waals surface area contributed by atoms with Gasteiger partial charge in [-0.3, -0.25) is 16.1 Å². The van der Waals surface area contributed by atoms with Crippen molar-refractivity contribution in [3.8, 4) is 0 Å². The molecular weight excluding hydrogens is 268 g/mol. The summed E-state index contributed by atoms with van der Waals surface area (Å²) < 4.78 is 0.194. The van der Waals surface area contributed by atoms with Gasteiger partial charge in [0.15, 0.2) is 11.9 Å². The van der Waals surface area contributed by atoms with Crippen LogP contribution in [0.3, 0.4) is 0 Å². The molecule has 0 rings (SSSR count). The molecule has 0 aliphatic rings. The van der Waals surface area contributed by atoms with E-state index in [-0.39, 0.29) is 28.6 Å². The lowest BCUT2D eigenvalue weighted by Gasteiger charge is -2.06. The Hall–Kier alpha value is -0.730. The summed E-state index contributed by atoms with van der Waals surface area (Å²) in [7, 11) is 0. The van der Waals surface area contributed by atoms with Crippen LogP contribution in [0.5, 0.6) is 0 Å². The first-order chi connectivity index (χ1) is 6.90. The van der Waals surface area contributed by atoms with Gasteiger partial charge in [0.05, 0.1) is 0 Å². The van der Waals surface area contributed by atoms with Crippen LogP contribution in [0.4, 0.5) is 0 Å². The largest absolute Gasteiger partial charge is 0.385 e. The van der Waals surface area contributed by atoms with Crippen molar-refractivity contribution in [1.29, 1.82) is 10.8 Å². The zero-order valence-corrected chi connectivity index (χ0v) is 11.6. The van der Waals surface area contributed by atoms with Crippen molar-refractivity contribution >= 4 is 53.5 Å². The van der Waals surface area contributed by atoms with Crippen LogP contribution in [0.15, 0.2) is 0 Å². The third-order valence-corrected chi connectivity index (χ3v) is 1.09. The Morgan fingerprint density at radius 3 is 2.12 bits per heavy atom. The van der Waals surface area contributed by atoms with Crippen molar-refractivity contribution in [1.82, 2.24) is 10.6 Å². The number of unbranched alkanes of at least 4 members (excludes halogenated alkanes) is 1. The molecule has 0 unspecified atom stereocenters. The molecule has 0 fully saturated rings. The number of guanidine groups is 2. The predicted molar refractivity (Wildman–Crippen MR) is 78.7 cm³/mol. The molecule has 0 saturated carbocycles. The summed E-state index contributed by atoms with van der Waals surface area (Å²) in [5, 5.41) is 19.0. The van der Waals surface area contributed by atoms with Crippen LogP contribution in [-0.4, -0.2) is 22.8 Å². The van der Waals surface area contributed by atoms with E-state index in [1.807, 2.05) is 0 Å². The number of nitrogens with one attached hydrogen (secondary N) is 4. The fourth-order valence-electron chi connectivity index (χ4n) is 0.569. The van der Waals surface area contributed by atoms with E-state index in [0.29, 0.717) is 0 Å². The summed E-state index contributed by atoms with van der Waals surface area (Å²) in [4.78, 5) is 0. The number of thiol groups is 1. The molecule has 0 spiro atoms. The molecule has 0 aliphatic heterocycles. The molecular formula is C7H19ClN6S2. The third-order valence-electron chi connectivity index (χ3n) is 1.09. The summed E-state index contributed by atoms with van der Waals surface area (Å²) in [5.41, 5.74) is 9.70. The first-order valence-corrected chi connectivity index (χ1v) is 5.17. The second kappa shape index (κ2) is 14.3. The molecule has 0 aliphatic carbocycles. The van der Waals surface area contributed by atoms with Gasteiger partial charge in [0.25, 0.3) is 0 Å². The van der Waals surface area contributed by atoms with Gasteiger partial charge in [0.1, 0.15) is 4.32 Å². The summed E-state index contributed by atoms with van der Waals surface area (Å²) in [5.74, 6) is -0.120. The minimum absolute atomic E-state index is 0. The van der Waals surface area contributed by atoms with Crippen molar-refractivity contribution in [3.05, 3.63) is 0 Å². The number of hydrogen-bond donors (Lipinski definition) is 7. The quantitative estimate of drug-likeness (QED) is 0.133. The van der Waals surface area contributed by atoms with Crippen molar-refractivity contribution in [2.75, 3.05) is 6.54 Å². The molecule has 0 aromatic heterocycles. The van der Waals surface area contributed by atoms with Crippen LogP contribution in [0.1, 0.15) is 19.8 Å². The van der Waals surface area contributed by atoms with E-state index >= 15 is 0 Å². The van der Waals surface area contributed by atoms with Gasteiger partial charge in [-0.05, 0) is 6.42 Å². The molecule has 0 atom stereocenters. The Kier molecular flexibility index (Phi) is 18.4. The molecule has 0 saturated heterocycles. The molecule has 0 aromatic carbocycles. The Morgan fingerprint density at radius 1 is 1.38 bits per heavy atom. The minimum Gasteiger partial charge on any atom is -0.385 e. The normalized spacial score (nSPS) is 7.62. The number of rotatable bonds is 3. The molecule has 0 aromatic rings.